The molecule has 1 saturated heterocycles. The Balaban J connectivity index is 1.90. The molecule has 1 aromatic carbocycles. The van der Waals surface area contributed by atoms with Crippen LogP contribution in [0.25, 0.3) is 11.4 Å². The van der Waals surface area contributed by atoms with E-state index in [9.17, 15) is 10.1 Å². The molecule has 0 radical (unpaired) electrons. The van der Waals surface area contributed by atoms with E-state index in [0.717, 1.165) is 37.4 Å². The maximum atomic E-state index is 11.0. The largest absolute Gasteiger partial charge is 0.377 e. The standard InChI is InChI=1S/C18H22N4O3/c1-3-25-16-8-5-9-21(12-16)17-10-13(2)19-18(20-17)14-6-4-7-15(11-14)22(23)24/h4,6-7,10-11,16H,3,5,8-9,12H2,1-2H3. The van der Waals surface area contributed by atoms with Gasteiger partial charge in [-0.1, -0.05) is 12.1 Å². The van der Waals surface area contributed by atoms with Gasteiger partial charge in [-0.15, -0.1) is 0 Å². The van der Waals surface area contributed by atoms with E-state index in [1.807, 2.05) is 19.9 Å². The molecule has 1 atom stereocenters. The van der Waals surface area contributed by atoms with Crippen molar-refractivity contribution in [1.82, 2.24) is 9.97 Å². The first-order valence-corrected chi connectivity index (χ1v) is 8.54. The number of nitro benzene ring substituents is 1. The number of rotatable bonds is 5. The van der Waals surface area contributed by atoms with E-state index in [0.29, 0.717) is 18.0 Å². The van der Waals surface area contributed by atoms with Crippen LogP contribution in [0.5, 0.6) is 0 Å². The third-order valence-corrected chi connectivity index (χ3v) is 4.26. The van der Waals surface area contributed by atoms with Gasteiger partial charge in [-0.2, -0.15) is 0 Å². The van der Waals surface area contributed by atoms with Crippen molar-refractivity contribution in [2.24, 2.45) is 0 Å². The maximum Gasteiger partial charge on any atom is 0.270 e. The zero-order valence-corrected chi connectivity index (χ0v) is 14.5. The summed E-state index contributed by atoms with van der Waals surface area (Å²) in [5.74, 6) is 1.36. The highest BCUT2D eigenvalue weighted by molar-refractivity contribution is 5.61. The van der Waals surface area contributed by atoms with Gasteiger partial charge in [0.05, 0.1) is 11.0 Å². The van der Waals surface area contributed by atoms with Crippen molar-refractivity contribution in [3.8, 4) is 11.4 Å². The molecular formula is C18H22N4O3. The minimum Gasteiger partial charge on any atom is -0.377 e. The van der Waals surface area contributed by atoms with E-state index in [1.165, 1.54) is 12.1 Å². The van der Waals surface area contributed by atoms with Crippen LogP contribution in [-0.2, 0) is 4.74 Å². The van der Waals surface area contributed by atoms with Crippen LogP contribution in [0.3, 0.4) is 0 Å². The molecule has 1 unspecified atom stereocenters. The molecule has 0 N–H and O–H groups in total. The van der Waals surface area contributed by atoms with Crippen LogP contribution < -0.4 is 4.90 Å². The number of aromatic nitrogens is 2. The van der Waals surface area contributed by atoms with Crippen molar-refractivity contribution in [3.05, 3.63) is 46.1 Å². The Labute approximate surface area is 146 Å². The van der Waals surface area contributed by atoms with E-state index in [-0.39, 0.29) is 11.8 Å². The minimum atomic E-state index is -0.405. The van der Waals surface area contributed by atoms with Crippen molar-refractivity contribution >= 4 is 11.5 Å². The number of anilines is 1. The molecule has 7 nitrogen and oxygen atoms in total. The van der Waals surface area contributed by atoms with Gasteiger partial charge in [-0.05, 0) is 26.7 Å². The Bertz CT molecular complexity index is 764. The molecule has 25 heavy (non-hydrogen) atoms. The second-order valence-corrected chi connectivity index (χ2v) is 6.16. The van der Waals surface area contributed by atoms with E-state index in [2.05, 4.69) is 14.9 Å². The van der Waals surface area contributed by atoms with E-state index >= 15 is 0 Å². The summed E-state index contributed by atoms with van der Waals surface area (Å²) in [5, 5.41) is 11.0. The molecule has 1 fully saturated rings. The highest BCUT2D eigenvalue weighted by atomic mass is 16.6. The van der Waals surface area contributed by atoms with Gasteiger partial charge in [0, 0.05) is 49.2 Å². The zero-order chi connectivity index (χ0) is 17.8. The summed E-state index contributed by atoms with van der Waals surface area (Å²) in [6.45, 7) is 6.36. The van der Waals surface area contributed by atoms with Gasteiger partial charge in [0.2, 0.25) is 0 Å². The molecule has 1 aromatic heterocycles. The zero-order valence-electron chi connectivity index (χ0n) is 14.5. The summed E-state index contributed by atoms with van der Waals surface area (Å²) in [6.07, 6.45) is 2.33. The Hall–Kier alpha value is -2.54. The number of ether oxygens (including phenoxy) is 1. The number of aryl methyl sites for hydroxylation is 1. The lowest BCUT2D eigenvalue weighted by Crippen LogP contribution is -2.40. The number of hydrogen-bond donors (Lipinski definition) is 0. The Morgan fingerprint density at radius 1 is 1.36 bits per heavy atom. The lowest BCUT2D eigenvalue weighted by atomic mass is 10.1. The molecular weight excluding hydrogens is 320 g/mol. The third kappa shape index (κ3) is 4.11. The van der Waals surface area contributed by atoms with Crippen molar-refractivity contribution in [2.75, 3.05) is 24.6 Å². The van der Waals surface area contributed by atoms with Crippen molar-refractivity contribution in [1.29, 1.82) is 0 Å². The number of piperidine rings is 1. The smallest absolute Gasteiger partial charge is 0.270 e. The summed E-state index contributed by atoms with van der Waals surface area (Å²) in [6, 6.07) is 8.39. The highest BCUT2D eigenvalue weighted by Crippen LogP contribution is 2.25. The normalized spacial score (nSPS) is 17.5. The van der Waals surface area contributed by atoms with Gasteiger partial charge in [0.15, 0.2) is 5.82 Å². The lowest BCUT2D eigenvalue weighted by Gasteiger charge is -2.33. The number of nitrogens with zero attached hydrogens (tertiary/aromatic N) is 4. The van der Waals surface area contributed by atoms with Crippen LogP contribution >= 0.6 is 0 Å². The topological polar surface area (TPSA) is 81.4 Å². The van der Waals surface area contributed by atoms with Crippen LogP contribution in [0, 0.1) is 17.0 Å². The van der Waals surface area contributed by atoms with Crippen LogP contribution in [-0.4, -0.2) is 40.7 Å². The number of benzene rings is 1. The summed E-state index contributed by atoms with van der Waals surface area (Å²) < 4.78 is 5.76. The van der Waals surface area contributed by atoms with Crippen molar-refractivity contribution in [2.45, 2.75) is 32.8 Å². The fourth-order valence-corrected chi connectivity index (χ4v) is 3.12. The van der Waals surface area contributed by atoms with E-state index in [4.69, 9.17) is 4.74 Å². The third-order valence-electron chi connectivity index (χ3n) is 4.26. The van der Waals surface area contributed by atoms with E-state index < -0.39 is 4.92 Å². The molecule has 132 valence electrons. The fourth-order valence-electron chi connectivity index (χ4n) is 3.12. The fraction of sp³-hybridized carbons (Fsp3) is 0.444. The molecule has 2 heterocycles. The molecule has 2 aromatic rings. The predicted molar refractivity (Wildman–Crippen MR) is 95.7 cm³/mol. The first-order valence-electron chi connectivity index (χ1n) is 8.54. The molecule has 0 bridgehead atoms. The van der Waals surface area contributed by atoms with Crippen molar-refractivity contribution in [3.63, 3.8) is 0 Å². The maximum absolute atomic E-state index is 11.0. The molecule has 3 rings (SSSR count). The van der Waals surface area contributed by atoms with Gasteiger partial charge in [-0.25, -0.2) is 9.97 Å². The predicted octanol–water partition coefficient (Wildman–Crippen LogP) is 3.37. The molecule has 1 aliphatic rings. The van der Waals surface area contributed by atoms with Crippen LogP contribution in [0.1, 0.15) is 25.5 Å². The van der Waals surface area contributed by atoms with Gasteiger partial charge >= 0.3 is 0 Å². The minimum absolute atomic E-state index is 0.0403. The van der Waals surface area contributed by atoms with Gasteiger partial charge in [0.25, 0.3) is 5.69 Å². The summed E-state index contributed by atoms with van der Waals surface area (Å²) in [4.78, 5) is 21.9. The molecule has 0 saturated carbocycles. The second kappa shape index (κ2) is 7.57. The van der Waals surface area contributed by atoms with Crippen LogP contribution in [0.15, 0.2) is 30.3 Å². The Morgan fingerprint density at radius 3 is 2.96 bits per heavy atom. The summed E-state index contributed by atoms with van der Waals surface area (Å²) in [7, 11) is 0. The summed E-state index contributed by atoms with van der Waals surface area (Å²) >= 11 is 0. The molecule has 1 aliphatic heterocycles. The average molecular weight is 342 g/mol. The van der Waals surface area contributed by atoms with Gasteiger partial charge < -0.3 is 9.64 Å². The van der Waals surface area contributed by atoms with Gasteiger partial charge in [0.1, 0.15) is 5.82 Å². The molecule has 7 heteroatoms. The average Bonchev–Trinajstić information content (AvgIpc) is 2.62. The highest BCUT2D eigenvalue weighted by Gasteiger charge is 2.22. The number of hydrogen-bond acceptors (Lipinski definition) is 6. The second-order valence-electron chi connectivity index (χ2n) is 6.16. The number of non-ortho nitro benzene ring substituents is 1. The van der Waals surface area contributed by atoms with Gasteiger partial charge in [-0.3, -0.25) is 10.1 Å². The Kier molecular flexibility index (Phi) is 5.23. The van der Waals surface area contributed by atoms with E-state index in [1.54, 1.807) is 12.1 Å². The lowest BCUT2D eigenvalue weighted by molar-refractivity contribution is -0.384. The molecule has 0 aliphatic carbocycles. The summed E-state index contributed by atoms with van der Waals surface area (Å²) in [5.41, 5.74) is 1.53. The van der Waals surface area contributed by atoms with Crippen LogP contribution in [0.4, 0.5) is 11.5 Å². The first-order chi connectivity index (χ1) is 12.1. The van der Waals surface area contributed by atoms with Crippen molar-refractivity contribution < 1.29 is 9.66 Å². The monoisotopic (exact) mass is 342 g/mol. The quantitative estimate of drug-likeness (QED) is 0.612. The van der Waals surface area contributed by atoms with Crippen LogP contribution in [0.2, 0.25) is 0 Å². The molecule has 0 spiro atoms. The first kappa shape index (κ1) is 17.3. The molecule has 0 amide bonds. The number of nitro groups is 1. The Morgan fingerprint density at radius 2 is 2.20 bits per heavy atom. The SMILES string of the molecule is CCOC1CCCN(c2cc(C)nc(-c3cccc([N+](=O)[O-])c3)n2)C1.